The standard InChI is InChI=1S/C10H11NO5/c1-6(12)9(13)10(14)7-4-2-3-5-8(7)11(15)16/h2-5,9-10,13-14H,1H3/t9-,10+/m1/s1. The molecule has 6 heteroatoms. The summed E-state index contributed by atoms with van der Waals surface area (Å²) < 4.78 is 0. The highest BCUT2D eigenvalue weighted by molar-refractivity contribution is 5.81. The first-order valence-electron chi connectivity index (χ1n) is 4.55. The summed E-state index contributed by atoms with van der Waals surface area (Å²) in [6, 6.07) is 5.42. The van der Waals surface area contributed by atoms with Crippen molar-refractivity contribution < 1.29 is 19.9 Å². The lowest BCUT2D eigenvalue weighted by Gasteiger charge is -2.15. The molecule has 0 saturated carbocycles. The zero-order valence-corrected chi connectivity index (χ0v) is 8.53. The minimum Gasteiger partial charge on any atom is -0.385 e. The molecule has 1 rings (SSSR count). The Morgan fingerprint density at radius 2 is 1.94 bits per heavy atom. The Bertz CT molecular complexity index is 417. The smallest absolute Gasteiger partial charge is 0.275 e. The average Bonchev–Trinajstić information content (AvgIpc) is 2.26. The van der Waals surface area contributed by atoms with Gasteiger partial charge in [-0.25, -0.2) is 0 Å². The predicted molar refractivity (Wildman–Crippen MR) is 54.7 cm³/mol. The number of aliphatic hydroxyl groups is 2. The van der Waals surface area contributed by atoms with E-state index in [1.54, 1.807) is 0 Å². The molecule has 0 aliphatic carbocycles. The maximum atomic E-state index is 10.9. The fraction of sp³-hybridized carbons (Fsp3) is 0.300. The molecule has 6 nitrogen and oxygen atoms in total. The van der Waals surface area contributed by atoms with Gasteiger partial charge in [0.1, 0.15) is 12.2 Å². The third-order valence-electron chi connectivity index (χ3n) is 2.17. The molecule has 0 heterocycles. The number of hydrogen-bond acceptors (Lipinski definition) is 5. The van der Waals surface area contributed by atoms with Crippen LogP contribution in [0, 0.1) is 10.1 Å². The molecule has 0 aromatic heterocycles. The SMILES string of the molecule is CC(=O)[C@@H](O)[C@@H](O)c1ccccc1[N+](=O)[O-]. The minimum absolute atomic E-state index is 0.0739. The molecule has 0 amide bonds. The molecule has 0 saturated heterocycles. The average molecular weight is 225 g/mol. The molecule has 2 atom stereocenters. The Labute approximate surface area is 91.3 Å². The molecule has 0 aliphatic heterocycles. The Balaban J connectivity index is 3.12. The van der Waals surface area contributed by atoms with Gasteiger partial charge in [0.05, 0.1) is 10.5 Å². The first-order chi connectivity index (χ1) is 7.45. The van der Waals surface area contributed by atoms with Crippen molar-refractivity contribution in [3.8, 4) is 0 Å². The summed E-state index contributed by atoms with van der Waals surface area (Å²) >= 11 is 0. The van der Waals surface area contributed by atoms with Crippen LogP contribution >= 0.6 is 0 Å². The Hall–Kier alpha value is -1.79. The summed E-state index contributed by atoms with van der Waals surface area (Å²) in [5, 5.41) is 29.6. The van der Waals surface area contributed by atoms with Crippen molar-refractivity contribution in [2.24, 2.45) is 0 Å². The van der Waals surface area contributed by atoms with Gasteiger partial charge in [0.15, 0.2) is 5.78 Å². The molecular weight excluding hydrogens is 214 g/mol. The normalized spacial score (nSPS) is 14.2. The fourth-order valence-electron chi connectivity index (χ4n) is 1.30. The van der Waals surface area contributed by atoms with Gasteiger partial charge in [0.2, 0.25) is 0 Å². The van der Waals surface area contributed by atoms with Crippen LogP contribution in [-0.4, -0.2) is 27.0 Å². The number of nitrogens with zero attached hydrogens (tertiary/aromatic N) is 1. The van der Waals surface area contributed by atoms with Crippen molar-refractivity contribution in [3.05, 3.63) is 39.9 Å². The van der Waals surface area contributed by atoms with Crippen LogP contribution in [0.3, 0.4) is 0 Å². The number of rotatable bonds is 4. The zero-order valence-electron chi connectivity index (χ0n) is 8.53. The van der Waals surface area contributed by atoms with Gasteiger partial charge in [-0.1, -0.05) is 12.1 Å². The number of aliphatic hydroxyl groups excluding tert-OH is 2. The van der Waals surface area contributed by atoms with Crippen LogP contribution in [0.2, 0.25) is 0 Å². The summed E-state index contributed by atoms with van der Waals surface area (Å²) in [5.41, 5.74) is -0.398. The number of carbonyl (C=O) groups excluding carboxylic acids is 1. The highest BCUT2D eigenvalue weighted by atomic mass is 16.6. The van der Waals surface area contributed by atoms with E-state index in [2.05, 4.69) is 0 Å². The summed E-state index contributed by atoms with van der Waals surface area (Å²) in [7, 11) is 0. The summed E-state index contributed by atoms with van der Waals surface area (Å²) in [6.45, 7) is 1.10. The number of hydrogen-bond donors (Lipinski definition) is 2. The molecule has 0 unspecified atom stereocenters. The van der Waals surface area contributed by atoms with Crippen molar-refractivity contribution in [1.29, 1.82) is 0 Å². The molecule has 86 valence electrons. The van der Waals surface area contributed by atoms with Crippen LogP contribution in [0.4, 0.5) is 5.69 Å². The number of carbonyl (C=O) groups is 1. The Morgan fingerprint density at radius 1 is 1.38 bits per heavy atom. The van der Waals surface area contributed by atoms with E-state index in [9.17, 15) is 25.1 Å². The predicted octanol–water partition coefficient (Wildman–Crippen LogP) is 0.578. The van der Waals surface area contributed by atoms with Crippen LogP contribution < -0.4 is 0 Å². The quantitative estimate of drug-likeness (QED) is 0.576. The number of Topliss-reactive ketones (excluding diaryl/α,β-unsaturated/α-hetero) is 1. The monoisotopic (exact) mass is 225 g/mol. The van der Waals surface area contributed by atoms with Crippen molar-refractivity contribution in [2.75, 3.05) is 0 Å². The highest BCUT2D eigenvalue weighted by Crippen LogP contribution is 2.27. The number of nitro groups is 1. The highest BCUT2D eigenvalue weighted by Gasteiger charge is 2.28. The van der Waals surface area contributed by atoms with Crippen molar-refractivity contribution in [1.82, 2.24) is 0 Å². The van der Waals surface area contributed by atoms with E-state index in [1.165, 1.54) is 24.3 Å². The molecule has 2 N–H and O–H groups in total. The van der Waals surface area contributed by atoms with Crippen molar-refractivity contribution >= 4 is 11.5 Å². The second kappa shape index (κ2) is 4.82. The maximum Gasteiger partial charge on any atom is 0.275 e. The Morgan fingerprint density at radius 3 is 2.44 bits per heavy atom. The van der Waals surface area contributed by atoms with Gasteiger partial charge in [-0.3, -0.25) is 14.9 Å². The van der Waals surface area contributed by atoms with E-state index in [1.807, 2.05) is 0 Å². The van der Waals surface area contributed by atoms with Gasteiger partial charge >= 0.3 is 0 Å². The molecular formula is C10H11NO5. The lowest BCUT2D eigenvalue weighted by atomic mass is 10.0. The Kier molecular flexibility index (Phi) is 3.70. The fourth-order valence-corrected chi connectivity index (χ4v) is 1.30. The molecule has 0 bridgehead atoms. The molecule has 0 spiro atoms. The summed E-state index contributed by atoms with van der Waals surface area (Å²) in [4.78, 5) is 20.8. The van der Waals surface area contributed by atoms with Gasteiger partial charge in [0.25, 0.3) is 5.69 Å². The van der Waals surface area contributed by atoms with Gasteiger partial charge in [-0.05, 0) is 13.0 Å². The first-order valence-corrected chi connectivity index (χ1v) is 4.55. The van der Waals surface area contributed by atoms with Gasteiger partial charge in [0, 0.05) is 6.07 Å². The topological polar surface area (TPSA) is 101 Å². The van der Waals surface area contributed by atoms with E-state index in [0.29, 0.717) is 0 Å². The van der Waals surface area contributed by atoms with Crippen molar-refractivity contribution in [3.63, 3.8) is 0 Å². The van der Waals surface area contributed by atoms with Crippen LogP contribution in [0.15, 0.2) is 24.3 Å². The first kappa shape index (κ1) is 12.3. The lowest BCUT2D eigenvalue weighted by Crippen LogP contribution is -2.26. The van der Waals surface area contributed by atoms with Crippen LogP contribution in [-0.2, 0) is 4.79 Å². The molecule has 1 aromatic carbocycles. The van der Waals surface area contributed by atoms with E-state index >= 15 is 0 Å². The minimum atomic E-state index is -1.65. The summed E-state index contributed by atoms with van der Waals surface area (Å²) in [5.74, 6) is -0.648. The number of nitro benzene ring substituents is 1. The van der Waals surface area contributed by atoms with E-state index < -0.39 is 22.9 Å². The van der Waals surface area contributed by atoms with E-state index in [-0.39, 0.29) is 11.3 Å². The van der Waals surface area contributed by atoms with Crippen LogP contribution in [0.5, 0.6) is 0 Å². The second-order valence-electron chi connectivity index (χ2n) is 3.32. The van der Waals surface area contributed by atoms with Crippen LogP contribution in [0.1, 0.15) is 18.6 Å². The molecule has 16 heavy (non-hydrogen) atoms. The van der Waals surface area contributed by atoms with Gasteiger partial charge in [-0.15, -0.1) is 0 Å². The largest absolute Gasteiger partial charge is 0.385 e. The molecule has 0 fully saturated rings. The van der Waals surface area contributed by atoms with Gasteiger partial charge in [-0.2, -0.15) is 0 Å². The third-order valence-corrected chi connectivity index (χ3v) is 2.17. The lowest BCUT2D eigenvalue weighted by molar-refractivity contribution is -0.386. The maximum absolute atomic E-state index is 10.9. The molecule has 0 aliphatic rings. The summed E-state index contributed by atoms with van der Waals surface area (Å²) in [6.07, 6.45) is -3.24. The van der Waals surface area contributed by atoms with Crippen molar-refractivity contribution in [2.45, 2.75) is 19.1 Å². The molecule has 0 radical (unpaired) electrons. The third kappa shape index (κ3) is 2.41. The number of benzene rings is 1. The van der Waals surface area contributed by atoms with E-state index in [0.717, 1.165) is 6.92 Å². The number of para-hydroxylation sites is 1. The second-order valence-corrected chi connectivity index (χ2v) is 3.32. The van der Waals surface area contributed by atoms with Crippen LogP contribution in [0.25, 0.3) is 0 Å². The van der Waals surface area contributed by atoms with E-state index in [4.69, 9.17) is 0 Å². The zero-order chi connectivity index (χ0) is 12.3. The number of ketones is 1. The van der Waals surface area contributed by atoms with Gasteiger partial charge < -0.3 is 10.2 Å². The molecule has 1 aromatic rings.